The number of fused-ring (bicyclic) bond motifs is 1. The van der Waals surface area contributed by atoms with E-state index >= 15 is 0 Å². The van der Waals surface area contributed by atoms with Gasteiger partial charge in [-0.1, -0.05) is 12.1 Å². The van der Waals surface area contributed by atoms with Crippen LogP contribution in [0.5, 0.6) is 0 Å². The van der Waals surface area contributed by atoms with Gasteiger partial charge < -0.3 is 10.1 Å². The molecule has 0 radical (unpaired) electrons. The van der Waals surface area contributed by atoms with Gasteiger partial charge in [0, 0.05) is 35.4 Å². The first-order valence-electron chi connectivity index (χ1n) is 12.2. The van der Waals surface area contributed by atoms with E-state index in [1.807, 2.05) is 41.5 Å². The van der Waals surface area contributed by atoms with Crippen LogP contribution in [-0.4, -0.2) is 43.5 Å². The van der Waals surface area contributed by atoms with E-state index in [4.69, 9.17) is 9.84 Å². The number of ether oxygens (including phenoxy) is 1. The molecule has 0 aliphatic carbocycles. The summed E-state index contributed by atoms with van der Waals surface area (Å²) in [4.78, 5) is 17.8. The van der Waals surface area contributed by atoms with E-state index in [2.05, 4.69) is 61.3 Å². The maximum Gasteiger partial charge on any atom is 0.259 e. The summed E-state index contributed by atoms with van der Waals surface area (Å²) in [5.74, 6) is -0.174. The molecule has 0 unspecified atom stereocenters. The number of hydrogen-bond acceptors (Lipinski definition) is 5. The standard InChI is InChI=1S/C28H32N6O2/c1-17-13-18(2)24(30-27(35)23-16-34(28(4,5)6)31-19(23)3)14-21(17)25-15-22(20-7-11-36-12-8-20)26-29-9-10-33(26)32-25/h7,9-10,13-16H,8,11-12H2,1-6H3,(H,30,35). The maximum absolute atomic E-state index is 13.2. The van der Waals surface area contributed by atoms with Gasteiger partial charge in [0.25, 0.3) is 5.91 Å². The highest BCUT2D eigenvalue weighted by molar-refractivity contribution is 6.05. The summed E-state index contributed by atoms with van der Waals surface area (Å²) in [6, 6.07) is 6.20. The Labute approximate surface area is 211 Å². The first kappa shape index (κ1) is 23.9. The number of nitrogens with zero attached hydrogens (tertiary/aromatic N) is 5. The van der Waals surface area contributed by atoms with Crippen LogP contribution < -0.4 is 5.32 Å². The van der Waals surface area contributed by atoms with Gasteiger partial charge >= 0.3 is 0 Å². The summed E-state index contributed by atoms with van der Waals surface area (Å²) in [5.41, 5.74) is 8.78. The molecule has 0 bridgehead atoms. The summed E-state index contributed by atoms with van der Waals surface area (Å²) >= 11 is 0. The smallest absolute Gasteiger partial charge is 0.259 e. The summed E-state index contributed by atoms with van der Waals surface area (Å²) in [7, 11) is 0. The molecule has 5 rings (SSSR count). The molecule has 3 aromatic heterocycles. The number of aryl methyl sites for hydroxylation is 3. The highest BCUT2D eigenvalue weighted by Gasteiger charge is 2.21. The Kier molecular flexibility index (Phi) is 6.00. The molecule has 8 heteroatoms. The molecule has 1 amide bonds. The van der Waals surface area contributed by atoms with E-state index in [0.29, 0.717) is 24.5 Å². The van der Waals surface area contributed by atoms with Crippen molar-refractivity contribution in [2.45, 2.75) is 53.5 Å². The third-order valence-corrected chi connectivity index (χ3v) is 6.59. The molecule has 1 aromatic carbocycles. The maximum atomic E-state index is 13.2. The number of rotatable bonds is 4. The molecule has 0 atom stereocenters. The lowest BCUT2D eigenvalue weighted by Gasteiger charge is -2.18. The number of imidazole rings is 1. The lowest BCUT2D eigenvalue weighted by atomic mass is 9.97. The van der Waals surface area contributed by atoms with Crippen molar-refractivity contribution >= 4 is 22.8 Å². The van der Waals surface area contributed by atoms with E-state index in [-0.39, 0.29) is 11.4 Å². The minimum atomic E-state index is -0.203. The predicted molar refractivity (Wildman–Crippen MR) is 141 cm³/mol. The van der Waals surface area contributed by atoms with Crippen LogP contribution in [0.3, 0.4) is 0 Å². The molecule has 8 nitrogen and oxygen atoms in total. The van der Waals surface area contributed by atoms with E-state index in [1.54, 1.807) is 6.20 Å². The molecule has 0 fully saturated rings. The molecule has 36 heavy (non-hydrogen) atoms. The fourth-order valence-corrected chi connectivity index (χ4v) is 4.54. The van der Waals surface area contributed by atoms with Crippen LogP contribution in [0.25, 0.3) is 22.5 Å². The largest absolute Gasteiger partial charge is 0.377 e. The number of carbonyl (C=O) groups excluding carboxylic acids is 1. The van der Waals surface area contributed by atoms with E-state index in [1.165, 1.54) is 5.57 Å². The lowest BCUT2D eigenvalue weighted by molar-refractivity contribution is 0.102. The summed E-state index contributed by atoms with van der Waals surface area (Å²) in [6.45, 7) is 13.4. The number of carbonyl (C=O) groups is 1. The van der Waals surface area contributed by atoms with Crippen molar-refractivity contribution in [3.8, 4) is 11.3 Å². The number of benzene rings is 1. The van der Waals surface area contributed by atoms with Crippen LogP contribution in [0.1, 0.15) is 59.9 Å². The normalized spacial score (nSPS) is 14.2. The Morgan fingerprint density at radius 2 is 1.86 bits per heavy atom. The Morgan fingerprint density at radius 1 is 1.06 bits per heavy atom. The molecule has 0 spiro atoms. The average molecular weight is 485 g/mol. The first-order chi connectivity index (χ1) is 17.1. The van der Waals surface area contributed by atoms with Crippen molar-refractivity contribution < 1.29 is 9.53 Å². The van der Waals surface area contributed by atoms with Crippen LogP contribution in [0.15, 0.2) is 42.9 Å². The minimum absolute atomic E-state index is 0.174. The monoisotopic (exact) mass is 484 g/mol. The SMILES string of the molecule is Cc1cc(C)c(-c2cc(C3=CCOCC3)c3nccn3n2)cc1NC(=O)c1cn(C(C)(C)C)nc1C. The highest BCUT2D eigenvalue weighted by atomic mass is 16.5. The zero-order chi connectivity index (χ0) is 25.6. The van der Waals surface area contributed by atoms with Gasteiger partial charge in [0.1, 0.15) is 0 Å². The second-order valence-corrected chi connectivity index (χ2v) is 10.4. The van der Waals surface area contributed by atoms with Crippen molar-refractivity contribution in [3.05, 3.63) is 70.8 Å². The topological polar surface area (TPSA) is 86.3 Å². The second-order valence-electron chi connectivity index (χ2n) is 10.4. The van der Waals surface area contributed by atoms with Crippen molar-refractivity contribution in [1.82, 2.24) is 24.4 Å². The number of amides is 1. The van der Waals surface area contributed by atoms with Gasteiger partial charge in [0.05, 0.1) is 35.7 Å². The highest BCUT2D eigenvalue weighted by Crippen LogP contribution is 2.32. The van der Waals surface area contributed by atoms with Crippen LogP contribution in [-0.2, 0) is 10.3 Å². The minimum Gasteiger partial charge on any atom is -0.377 e. The summed E-state index contributed by atoms with van der Waals surface area (Å²) in [5, 5.41) is 12.5. The van der Waals surface area contributed by atoms with Crippen molar-refractivity contribution in [2.75, 3.05) is 18.5 Å². The molecule has 1 aliphatic heterocycles. The van der Waals surface area contributed by atoms with Crippen molar-refractivity contribution in [1.29, 1.82) is 0 Å². The van der Waals surface area contributed by atoms with Gasteiger partial charge in [0.2, 0.25) is 0 Å². The van der Waals surface area contributed by atoms with Crippen LogP contribution >= 0.6 is 0 Å². The van der Waals surface area contributed by atoms with Crippen LogP contribution in [0.4, 0.5) is 5.69 Å². The van der Waals surface area contributed by atoms with E-state index < -0.39 is 0 Å². The molecule has 0 saturated heterocycles. The van der Waals surface area contributed by atoms with Crippen LogP contribution in [0.2, 0.25) is 0 Å². The molecule has 186 valence electrons. The molecular weight excluding hydrogens is 452 g/mol. The van der Waals surface area contributed by atoms with E-state index in [9.17, 15) is 4.79 Å². The molecular formula is C28H32N6O2. The molecule has 4 heterocycles. The molecule has 1 aliphatic rings. The number of hydrogen-bond donors (Lipinski definition) is 1. The lowest BCUT2D eigenvalue weighted by Crippen LogP contribution is -2.22. The van der Waals surface area contributed by atoms with E-state index in [0.717, 1.165) is 45.7 Å². The zero-order valence-electron chi connectivity index (χ0n) is 21.7. The second kappa shape index (κ2) is 9.02. The quantitative estimate of drug-likeness (QED) is 0.423. The van der Waals surface area contributed by atoms with Crippen molar-refractivity contribution in [2.24, 2.45) is 0 Å². The van der Waals surface area contributed by atoms with Gasteiger partial charge in [-0.2, -0.15) is 10.2 Å². The van der Waals surface area contributed by atoms with Gasteiger partial charge in [-0.15, -0.1) is 0 Å². The third kappa shape index (κ3) is 4.44. The fraction of sp³-hybridized carbons (Fsp3) is 0.357. The third-order valence-electron chi connectivity index (χ3n) is 6.59. The average Bonchev–Trinajstić information content (AvgIpc) is 3.47. The molecule has 0 saturated carbocycles. The van der Waals surface area contributed by atoms with Gasteiger partial charge in [0.15, 0.2) is 5.65 Å². The number of aromatic nitrogens is 5. The Hall–Kier alpha value is -3.78. The predicted octanol–water partition coefficient (Wildman–Crippen LogP) is 5.33. The first-order valence-corrected chi connectivity index (χ1v) is 12.2. The zero-order valence-corrected chi connectivity index (χ0v) is 21.7. The van der Waals surface area contributed by atoms with Gasteiger partial charge in [-0.25, -0.2) is 9.50 Å². The van der Waals surface area contributed by atoms with Crippen LogP contribution in [0, 0.1) is 20.8 Å². The Balaban J connectivity index is 1.54. The van der Waals surface area contributed by atoms with Gasteiger partial charge in [-0.05, 0) is 76.8 Å². The molecule has 1 N–H and O–H groups in total. The fourth-order valence-electron chi connectivity index (χ4n) is 4.54. The number of nitrogens with one attached hydrogen (secondary N) is 1. The summed E-state index contributed by atoms with van der Waals surface area (Å²) < 4.78 is 9.17. The summed E-state index contributed by atoms with van der Waals surface area (Å²) in [6.07, 6.45) is 8.40. The Bertz CT molecular complexity index is 1500. The number of anilines is 1. The molecule has 4 aromatic rings. The van der Waals surface area contributed by atoms with Gasteiger partial charge in [-0.3, -0.25) is 9.48 Å². The van der Waals surface area contributed by atoms with Crippen molar-refractivity contribution in [3.63, 3.8) is 0 Å². The Morgan fingerprint density at radius 3 is 2.56 bits per heavy atom.